The lowest BCUT2D eigenvalue weighted by Gasteiger charge is -1.90. The van der Waals surface area contributed by atoms with Crippen molar-refractivity contribution in [2.45, 2.75) is 26.7 Å². The summed E-state index contributed by atoms with van der Waals surface area (Å²) in [6, 6.07) is 0. The molecule has 0 saturated heterocycles. The van der Waals surface area contributed by atoms with Gasteiger partial charge in [-0.25, -0.2) is 0 Å². The maximum atomic E-state index is 5.07. The van der Waals surface area contributed by atoms with E-state index >= 15 is 0 Å². The first-order chi connectivity index (χ1) is 4.74. The molecule has 0 nitrogen and oxygen atoms in total. The third-order valence-corrected chi connectivity index (χ3v) is 4.08. The highest BCUT2D eigenvalue weighted by molar-refractivity contribution is 7.76. The van der Waals surface area contributed by atoms with Crippen LogP contribution in [-0.2, 0) is 6.42 Å². The van der Waals surface area contributed by atoms with Gasteiger partial charge in [0.15, 0.2) is 0 Å². The summed E-state index contributed by atoms with van der Waals surface area (Å²) in [5.74, 6) is 0. The summed E-state index contributed by atoms with van der Waals surface area (Å²) in [5.41, 5.74) is 0. The van der Waals surface area contributed by atoms with Crippen molar-refractivity contribution >= 4 is 34.9 Å². The van der Waals surface area contributed by atoms with Crippen LogP contribution in [0, 0.1) is 10.1 Å². The molecular formula is C7H10S3. The lowest BCUT2D eigenvalue weighted by molar-refractivity contribution is 0.935. The van der Waals surface area contributed by atoms with Crippen molar-refractivity contribution in [2.24, 2.45) is 0 Å². The molecule has 1 aromatic heterocycles. The van der Waals surface area contributed by atoms with E-state index in [4.69, 9.17) is 12.2 Å². The summed E-state index contributed by atoms with van der Waals surface area (Å²) in [6.07, 6.45) is 2.42. The fourth-order valence-corrected chi connectivity index (χ4v) is 3.72. The summed E-state index contributed by atoms with van der Waals surface area (Å²) >= 11 is 8.59. The van der Waals surface area contributed by atoms with Crippen molar-refractivity contribution in [2.75, 3.05) is 0 Å². The van der Waals surface area contributed by atoms with E-state index in [0.29, 0.717) is 0 Å². The largest absolute Gasteiger partial charge is 0.144 e. The topological polar surface area (TPSA) is 0 Å². The maximum Gasteiger partial charge on any atom is 0.144 e. The van der Waals surface area contributed by atoms with Gasteiger partial charge in [-0.15, -0.1) is 22.7 Å². The van der Waals surface area contributed by atoms with Gasteiger partial charge in [-0.05, 0) is 13.3 Å². The molecule has 0 aromatic carbocycles. The molecule has 0 aliphatic rings. The second-order valence-corrected chi connectivity index (χ2v) is 5.70. The number of aryl methyl sites for hydroxylation is 2. The zero-order valence-electron chi connectivity index (χ0n) is 6.14. The van der Waals surface area contributed by atoms with Gasteiger partial charge in [0, 0.05) is 9.75 Å². The van der Waals surface area contributed by atoms with E-state index in [2.05, 4.69) is 13.8 Å². The van der Waals surface area contributed by atoms with Crippen LogP contribution in [0.4, 0.5) is 0 Å². The highest BCUT2D eigenvalue weighted by Crippen LogP contribution is 2.24. The third-order valence-electron chi connectivity index (χ3n) is 1.31. The van der Waals surface area contributed by atoms with Crippen molar-refractivity contribution in [3.63, 3.8) is 0 Å². The summed E-state index contributed by atoms with van der Waals surface area (Å²) in [7, 11) is 0. The normalized spacial score (nSPS) is 10.2. The van der Waals surface area contributed by atoms with Crippen molar-refractivity contribution in [1.29, 1.82) is 0 Å². The molecular weight excluding hydrogens is 180 g/mol. The van der Waals surface area contributed by atoms with E-state index in [1.54, 1.807) is 22.7 Å². The van der Waals surface area contributed by atoms with Crippen LogP contribution in [0.5, 0.6) is 0 Å². The Labute approximate surface area is 74.5 Å². The van der Waals surface area contributed by atoms with E-state index in [1.807, 2.05) is 0 Å². The molecule has 56 valence electrons. The van der Waals surface area contributed by atoms with E-state index in [9.17, 15) is 0 Å². The molecule has 0 saturated carbocycles. The predicted molar refractivity (Wildman–Crippen MR) is 51.8 cm³/mol. The zero-order valence-corrected chi connectivity index (χ0v) is 8.59. The first-order valence-electron chi connectivity index (χ1n) is 3.33. The Balaban J connectivity index is 2.92. The molecule has 0 spiro atoms. The van der Waals surface area contributed by atoms with Gasteiger partial charge >= 0.3 is 0 Å². The quantitative estimate of drug-likeness (QED) is 0.639. The van der Waals surface area contributed by atoms with Crippen LogP contribution < -0.4 is 0 Å². The van der Waals surface area contributed by atoms with Crippen LogP contribution in [0.15, 0.2) is 0 Å². The van der Waals surface area contributed by atoms with Crippen LogP contribution in [0.1, 0.15) is 23.1 Å². The van der Waals surface area contributed by atoms with Crippen LogP contribution in [0.2, 0.25) is 0 Å². The van der Waals surface area contributed by atoms with Crippen molar-refractivity contribution in [3.05, 3.63) is 12.9 Å². The molecule has 0 unspecified atom stereocenters. The molecule has 0 radical (unpaired) electrons. The Morgan fingerprint density at radius 3 is 2.50 bits per heavy atom. The second-order valence-electron chi connectivity index (χ2n) is 2.18. The molecule has 0 aliphatic heterocycles. The van der Waals surface area contributed by atoms with Gasteiger partial charge in [0.05, 0.1) is 0 Å². The Bertz CT molecular complexity index is 256. The molecule has 0 amide bonds. The minimum absolute atomic E-state index is 1.07. The zero-order chi connectivity index (χ0) is 7.56. The SMILES string of the molecule is CCCc1sc(=S)sc1C. The van der Waals surface area contributed by atoms with Gasteiger partial charge in [-0.1, -0.05) is 25.6 Å². The predicted octanol–water partition coefficient (Wildman–Crippen LogP) is 3.80. The monoisotopic (exact) mass is 190 g/mol. The Morgan fingerprint density at radius 2 is 2.10 bits per heavy atom. The van der Waals surface area contributed by atoms with Crippen LogP contribution in [-0.4, -0.2) is 0 Å². The molecule has 0 fully saturated rings. The fourth-order valence-electron chi connectivity index (χ4n) is 0.829. The highest BCUT2D eigenvalue weighted by Gasteiger charge is 1.99. The maximum absolute atomic E-state index is 5.07. The highest BCUT2D eigenvalue weighted by atomic mass is 32.2. The van der Waals surface area contributed by atoms with Crippen LogP contribution >= 0.6 is 34.9 Å². The van der Waals surface area contributed by atoms with Crippen LogP contribution in [0.25, 0.3) is 0 Å². The lowest BCUT2D eigenvalue weighted by Crippen LogP contribution is -1.77. The molecule has 1 heterocycles. The van der Waals surface area contributed by atoms with Gasteiger partial charge in [0.1, 0.15) is 3.14 Å². The molecule has 0 aliphatic carbocycles. The lowest BCUT2D eigenvalue weighted by atomic mass is 10.3. The number of rotatable bonds is 2. The van der Waals surface area contributed by atoms with Crippen molar-refractivity contribution in [3.8, 4) is 0 Å². The molecule has 3 heteroatoms. The van der Waals surface area contributed by atoms with Crippen molar-refractivity contribution < 1.29 is 0 Å². The number of hydrogen-bond acceptors (Lipinski definition) is 3. The van der Waals surface area contributed by atoms with E-state index < -0.39 is 0 Å². The Hall–Kier alpha value is 0.270. The minimum Gasteiger partial charge on any atom is -0.118 e. The van der Waals surface area contributed by atoms with Gasteiger partial charge in [-0.2, -0.15) is 0 Å². The molecule has 10 heavy (non-hydrogen) atoms. The second kappa shape index (κ2) is 3.60. The molecule has 0 bridgehead atoms. The standard InChI is InChI=1S/C7H10S3/c1-3-4-6-5(2)9-7(8)10-6/h3-4H2,1-2H3. The number of hydrogen-bond donors (Lipinski definition) is 0. The van der Waals surface area contributed by atoms with Crippen molar-refractivity contribution in [1.82, 2.24) is 0 Å². The third kappa shape index (κ3) is 1.87. The van der Waals surface area contributed by atoms with Gasteiger partial charge in [0.25, 0.3) is 0 Å². The average Bonchev–Trinajstić information content (AvgIpc) is 2.13. The van der Waals surface area contributed by atoms with Gasteiger partial charge < -0.3 is 0 Å². The first-order valence-corrected chi connectivity index (χ1v) is 5.37. The average molecular weight is 190 g/mol. The minimum atomic E-state index is 1.07. The smallest absolute Gasteiger partial charge is 0.118 e. The first kappa shape index (κ1) is 8.37. The van der Waals surface area contributed by atoms with Gasteiger partial charge in [0.2, 0.25) is 0 Å². The summed E-state index contributed by atoms with van der Waals surface area (Å²) in [4.78, 5) is 2.90. The Kier molecular flexibility index (Phi) is 3.01. The van der Waals surface area contributed by atoms with E-state index in [-0.39, 0.29) is 0 Å². The fraction of sp³-hybridized carbons (Fsp3) is 0.571. The van der Waals surface area contributed by atoms with E-state index in [0.717, 1.165) is 3.14 Å². The molecule has 0 N–H and O–H groups in total. The molecule has 1 rings (SSSR count). The summed E-state index contributed by atoms with van der Waals surface area (Å²) in [6.45, 7) is 4.36. The summed E-state index contributed by atoms with van der Waals surface area (Å²) in [5, 5.41) is 0. The molecule has 0 atom stereocenters. The van der Waals surface area contributed by atoms with Crippen LogP contribution in [0.3, 0.4) is 0 Å². The Morgan fingerprint density at radius 1 is 1.40 bits per heavy atom. The molecule has 1 aromatic rings. The summed E-state index contributed by atoms with van der Waals surface area (Å²) < 4.78 is 1.07. The van der Waals surface area contributed by atoms with E-state index in [1.165, 1.54) is 22.6 Å². The van der Waals surface area contributed by atoms with Gasteiger partial charge in [-0.3, -0.25) is 0 Å².